The van der Waals surface area contributed by atoms with Crippen molar-refractivity contribution in [3.05, 3.63) is 24.0 Å². The molecule has 4 heteroatoms. The Kier molecular flexibility index (Phi) is 4.24. The quantitative estimate of drug-likeness (QED) is 0.736. The minimum Gasteiger partial charge on any atom is -0.395 e. The standard InChI is InChI=1S/C11H16N2O2/c1-3-13(6-7-14)10-4-5-11(9(2)15)12-8-10/h4-5,8,14H,3,6-7H2,1-2H3. The number of anilines is 1. The average Bonchev–Trinajstić information content (AvgIpc) is 2.26. The SMILES string of the molecule is CCN(CCO)c1ccc(C(C)=O)nc1. The van der Waals surface area contributed by atoms with Gasteiger partial charge >= 0.3 is 0 Å². The monoisotopic (exact) mass is 208 g/mol. The van der Waals surface area contributed by atoms with E-state index in [1.165, 1.54) is 6.92 Å². The molecule has 0 unspecified atom stereocenters. The second-order valence-corrected chi connectivity index (χ2v) is 3.26. The van der Waals surface area contributed by atoms with Crippen LogP contribution in [0, 0.1) is 0 Å². The molecule has 0 aliphatic rings. The Labute approximate surface area is 89.6 Å². The maximum Gasteiger partial charge on any atom is 0.178 e. The fourth-order valence-electron chi connectivity index (χ4n) is 1.37. The van der Waals surface area contributed by atoms with Crippen molar-refractivity contribution in [1.29, 1.82) is 0 Å². The summed E-state index contributed by atoms with van der Waals surface area (Å²) in [4.78, 5) is 17.1. The number of rotatable bonds is 5. The number of aromatic nitrogens is 1. The van der Waals surface area contributed by atoms with Crippen LogP contribution in [0.15, 0.2) is 18.3 Å². The second-order valence-electron chi connectivity index (χ2n) is 3.26. The number of hydrogen-bond donors (Lipinski definition) is 1. The summed E-state index contributed by atoms with van der Waals surface area (Å²) in [5, 5.41) is 8.86. The fourth-order valence-corrected chi connectivity index (χ4v) is 1.37. The van der Waals surface area contributed by atoms with Gasteiger partial charge in [-0.15, -0.1) is 0 Å². The van der Waals surface area contributed by atoms with Crippen molar-refractivity contribution in [3.8, 4) is 0 Å². The molecule has 1 rings (SSSR count). The number of hydrogen-bond acceptors (Lipinski definition) is 4. The zero-order valence-corrected chi connectivity index (χ0v) is 9.10. The number of ketones is 1. The Balaban J connectivity index is 2.81. The van der Waals surface area contributed by atoms with Gasteiger partial charge in [-0.25, -0.2) is 0 Å². The first-order valence-corrected chi connectivity index (χ1v) is 5.01. The first kappa shape index (κ1) is 11.7. The zero-order valence-electron chi connectivity index (χ0n) is 9.10. The lowest BCUT2D eigenvalue weighted by Crippen LogP contribution is -2.26. The molecular weight excluding hydrogens is 192 g/mol. The van der Waals surface area contributed by atoms with Gasteiger partial charge in [0.1, 0.15) is 5.69 Å². The summed E-state index contributed by atoms with van der Waals surface area (Å²) in [5.74, 6) is -0.0354. The third-order valence-electron chi connectivity index (χ3n) is 2.23. The molecule has 0 radical (unpaired) electrons. The van der Waals surface area contributed by atoms with Crippen molar-refractivity contribution in [2.45, 2.75) is 13.8 Å². The highest BCUT2D eigenvalue weighted by atomic mass is 16.3. The van der Waals surface area contributed by atoms with Crippen LogP contribution >= 0.6 is 0 Å². The number of Topliss-reactive ketones (excluding diaryl/α,β-unsaturated/α-hetero) is 1. The van der Waals surface area contributed by atoms with Crippen molar-refractivity contribution in [1.82, 2.24) is 4.98 Å². The predicted octanol–water partition coefficient (Wildman–Crippen LogP) is 1.10. The largest absolute Gasteiger partial charge is 0.395 e. The molecule has 1 aromatic rings. The highest BCUT2D eigenvalue weighted by Gasteiger charge is 2.05. The molecular formula is C11H16N2O2. The van der Waals surface area contributed by atoms with Crippen molar-refractivity contribution in [2.75, 3.05) is 24.6 Å². The zero-order chi connectivity index (χ0) is 11.3. The lowest BCUT2D eigenvalue weighted by Gasteiger charge is -2.21. The highest BCUT2D eigenvalue weighted by molar-refractivity contribution is 5.92. The molecule has 0 fully saturated rings. The van der Waals surface area contributed by atoms with Crippen LogP contribution in [0.1, 0.15) is 24.3 Å². The predicted molar refractivity (Wildman–Crippen MR) is 59.2 cm³/mol. The minimum atomic E-state index is -0.0354. The van der Waals surface area contributed by atoms with Crippen LogP contribution in [0.3, 0.4) is 0 Å². The van der Waals surface area contributed by atoms with Crippen LogP contribution < -0.4 is 4.90 Å². The van der Waals surface area contributed by atoms with Gasteiger partial charge in [0, 0.05) is 20.0 Å². The molecule has 0 aliphatic heterocycles. The molecule has 82 valence electrons. The highest BCUT2D eigenvalue weighted by Crippen LogP contribution is 2.12. The summed E-state index contributed by atoms with van der Waals surface area (Å²) in [6.07, 6.45) is 1.66. The first-order chi connectivity index (χ1) is 7.19. The van der Waals surface area contributed by atoms with Crippen LogP contribution in [0.5, 0.6) is 0 Å². The smallest absolute Gasteiger partial charge is 0.178 e. The summed E-state index contributed by atoms with van der Waals surface area (Å²) in [6.45, 7) is 5.00. The number of likely N-dealkylation sites (N-methyl/N-ethyl adjacent to an activating group) is 1. The normalized spacial score (nSPS) is 10.1. The van der Waals surface area contributed by atoms with Crippen molar-refractivity contribution in [2.24, 2.45) is 0 Å². The molecule has 0 amide bonds. The molecule has 0 aliphatic carbocycles. The number of pyridine rings is 1. The van der Waals surface area contributed by atoms with E-state index in [9.17, 15) is 4.79 Å². The van der Waals surface area contributed by atoms with Crippen molar-refractivity contribution >= 4 is 11.5 Å². The lowest BCUT2D eigenvalue weighted by molar-refractivity contribution is 0.101. The fraction of sp³-hybridized carbons (Fsp3) is 0.455. The van der Waals surface area contributed by atoms with E-state index in [-0.39, 0.29) is 12.4 Å². The third-order valence-corrected chi connectivity index (χ3v) is 2.23. The Morgan fingerprint density at radius 1 is 1.53 bits per heavy atom. The topological polar surface area (TPSA) is 53.4 Å². The number of aliphatic hydroxyl groups is 1. The van der Waals surface area contributed by atoms with E-state index < -0.39 is 0 Å². The second kappa shape index (κ2) is 5.46. The van der Waals surface area contributed by atoms with Gasteiger partial charge in [0.25, 0.3) is 0 Å². The van der Waals surface area contributed by atoms with E-state index in [1.807, 2.05) is 17.9 Å². The molecule has 1 aromatic heterocycles. The Bertz CT molecular complexity index is 322. The molecule has 4 nitrogen and oxygen atoms in total. The van der Waals surface area contributed by atoms with E-state index in [0.29, 0.717) is 12.2 Å². The molecule has 0 spiro atoms. The Hall–Kier alpha value is -1.42. The molecule has 0 saturated carbocycles. The van der Waals surface area contributed by atoms with Gasteiger partial charge in [0.05, 0.1) is 18.5 Å². The van der Waals surface area contributed by atoms with Gasteiger partial charge in [-0.1, -0.05) is 0 Å². The average molecular weight is 208 g/mol. The molecule has 1 N–H and O–H groups in total. The van der Waals surface area contributed by atoms with Gasteiger partial charge in [-0.2, -0.15) is 0 Å². The summed E-state index contributed by atoms with van der Waals surface area (Å²) < 4.78 is 0. The summed E-state index contributed by atoms with van der Waals surface area (Å²) in [7, 11) is 0. The molecule has 1 heterocycles. The summed E-state index contributed by atoms with van der Waals surface area (Å²) in [5.41, 5.74) is 1.40. The van der Waals surface area contributed by atoms with Crippen molar-refractivity contribution in [3.63, 3.8) is 0 Å². The van der Waals surface area contributed by atoms with Crippen LogP contribution in [-0.4, -0.2) is 35.6 Å². The number of carbonyl (C=O) groups excluding carboxylic acids is 1. The van der Waals surface area contributed by atoms with Crippen molar-refractivity contribution < 1.29 is 9.90 Å². The maximum absolute atomic E-state index is 11.0. The molecule has 0 atom stereocenters. The van der Waals surface area contributed by atoms with Gasteiger partial charge in [-0.3, -0.25) is 9.78 Å². The summed E-state index contributed by atoms with van der Waals surface area (Å²) in [6, 6.07) is 3.56. The minimum absolute atomic E-state index is 0.0354. The van der Waals surface area contributed by atoms with Crippen LogP contribution in [0.4, 0.5) is 5.69 Å². The van der Waals surface area contributed by atoms with Gasteiger partial charge in [0.2, 0.25) is 0 Å². The summed E-state index contributed by atoms with van der Waals surface area (Å²) >= 11 is 0. The number of carbonyl (C=O) groups is 1. The van der Waals surface area contributed by atoms with Gasteiger partial charge in [0.15, 0.2) is 5.78 Å². The maximum atomic E-state index is 11.0. The van der Waals surface area contributed by atoms with E-state index in [2.05, 4.69) is 4.98 Å². The lowest BCUT2D eigenvalue weighted by atomic mass is 10.2. The van der Waals surface area contributed by atoms with E-state index >= 15 is 0 Å². The van der Waals surface area contributed by atoms with E-state index in [4.69, 9.17) is 5.11 Å². The van der Waals surface area contributed by atoms with Gasteiger partial charge in [-0.05, 0) is 19.1 Å². The third kappa shape index (κ3) is 3.02. The Morgan fingerprint density at radius 2 is 2.27 bits per heavy atom. The molecule has 0 bridgehead atoms. The first-order valence-electron chi connectivity index (χ1n) is 5.01. The number of aliphatic hydroxyl groups excluding tert-OH is 1. The van der Waals surface area contributed by atoms with Gasteiger partial charge < -0.3 is 10.0 Å². The van der Waals surface area contributed by atoms with E-state index in [1.54, 1.807) is 12.3 Å². The number of nitrogens with zero attached hydrogens (tertiary/aromatic N) is 2. The van der Waals surface area contributed by atoms with Crippen LogP contribution in [-0.2, 0) is 0 Å². The van der Waals surface area contributed by atoms with E-state index in [0.717, 1.165) is 12.2 Å². The molecule has 0 saturated heterocycles. The Morgan fingerprint density at radius 3 is 2.67 bits per heavy atom. The van der Waals surface area contributed by atoms with Crippen LogP contribution in [0.25, 0.3) is 0 Å². The molecule has 15 heavy (non-hydrogen) atoms. The van der Waals surface area contributed by atoms with Crippen LogP contribution in [0.2, 0.25) is 0 Å². The molecule has 0 aromatic carbocycles.